The van der Waals surface area contributed by atoms with Crippen LogP contribution in [0.25, 0.3) is 0 Å². The summed E-state index contributed by atoms with van der Waals surface area (Å²) in [5.41, 5.74) is 4.86. The fourth-order valence-electron chi connectivity index (χ4n) is 3.58. The molecule has 0 bridgehead atoms. The summed E-state index contributed by atoms with van der Waals surface area (Å²) in [6, 6.07) is 7.30. The molecule has 106 valence electrons. The van der Waals surface area contributed by atoms with E-state index in [1.165, 1.54) is 48.8 Å². The maximum absolute atomic E-state index is 3.84. The van der Waals surface area contributed by atoms with Crippen LogP contribution in [-0.4, -0.2) is 6.54 Å². The highest BCUT2D eigenvalue weighted by molar-refractivity contribution is 5.36. The zero-order valence-corrected chi connectivity index (χ0v) is 13.1. The van der Waals surface area contributed by atoms with Crippen molar-refractivity contribution in [3.8, 4) is 0 Å². The first-order valence-corrected chi connectivity index (χ1v) is 7.88. The van der Waals surface area contributed by atoms with E-state index in [0.717, 1.165) is 6.54 Å². The quantitative estimate of drug-likeness (QED) is 0.791. The predicted molar refractivity (Wildman–Crippen MR) is 83.5 cm³/mol. The third-order valence-electron chi connectivity index (χ3n) is 5.00. The Morgan fingerprint density at radius 1 is 1.21 bits per heavy atom. The van der Waals surface area contributed by atoms with E-state index in [9.17, 15) is 0 Å². The molecule has 1 saturated carbocycles. The van der Waals surface area contributed by atoms with Crippen LogP contribution in [0.4, 0.5) is 0 Å². The maximum atomic E-state index is 3.84. The van der Waals surface area contributed by atoms with Crippen molar-refractivity contribution in [1.82, 2.24) is 5.32 Å². The first-order chi connectivity index (χ1) is 9.08. The van der Waals surface area contributed by atoms with E-state index in [4.69, 9.17) is 0 Å². The fraction of sp³-hybridized carbons (Fsp3) is 0.667. The molecule has 1 heteroatoms. The van der Waals surface area contributed by atoms with Crippen LogP contribution >= 0.6 is 0 Å². The number of nitrogens with one attached hydrogen (secondary N) is 1. The Bertz CT molecular complexity index is 416. The first-order valence-electron chi connectivity index (χ1n) is 7.88. The summed E-state index contributed by atoms with van der Waals surface area (Å²) in [5, 5.41) is 3.84. The van der Waals surface area contributed by atoms with E-state index in [1.807, 2.05) is 0 Å². The molecular weight excluding hydrogens is 230 g/mol. The lowest BCUT2D eigenvalue weighted by molar-refractivity contribution is 0.223. The van der Waals surface area contributed by atoms with Crippen LogP contribution < -0.4 is 5.32 Å². The summed E-state index contributed by atoms with van der Waals surface area (Å²) in [4.78, 5) is 0. The second kappa shape index (κ2) is 6.09. The lowest BCUT2D eigenvalue weighted by atomic mass is 9.75. The summed E-state index contributed by atoms with van der Waals surface area (Å²) in [6.07, 6.45) is 6.72. The van der Waals surface area contributed by atoms with Crippen molar-refractivity contribution in [2.75, 3.05) is 6.54 Å². The van der Waals surface area contributed by atoms with Gasteiger partial charge < -0.3 is 5.32 Å². The number of rotatable bonds is 5. The van der Waals surface area contributed by atoms with Gasteiger partial charge in [0, 0.05) is 6.04 Å². The van der Waals surface area contributed by atoms with Crippen LogP contribution in [0, 0.1) is 19.3 Å². The summed E-state index contributed by atoms with van der Waals surface area (Å²) in [6.45, 7) is 10.4. The second-order valence-corrected chi connectivity index (χ2v) is 6.54. The van der Waals surface area contributed by atoms with Gasteiger partial charge in [-0.3, -0.25) is 0 Å². The van der Waals surface area contributed by atoms with E-state index in [2.05, 4.69) is 51.2 Å². The standard InChI is InChI=1S/C18H29N/c1-5-13-19-17(18(4)11-6-7-12-18)16-10-8-9-14(2)15(16)3/h8-10,17,19H,5-7,11-13H2,1-4H3. The minimum Gasteiger partial charge on any atom is -0.309 e. The molecule has 1 unspecified atom stereocenters. The summed E-state index contributed by atoms with van der Waals surface area (Å²) < 4.78 is 0. The molecule has 1 fully saturated rings. The minimum absolute atomic E-state index is 0.438. The number of hydrogen-bond acceptors (Lipinski definition) is 1. The highest BCUT2D eigenvalue weighted by atomic mass is 14.9. The van der Waals surface area contributed by atoms with Crippen LogP contribution in [-0.2, 0) is 0 Å². The maximum Gasteiger partial charge on any atom is 0.0377 e. The van der Waals surface area contributed by atoms with E-state index < -0.39 is 0 Å². The topological polar surface area (TPSA) is 12.0 Å². The van der Waals surface area contributed by atoms with Crippen LogP contribution in [0.1, 0.15) is 68.7 Å². The molecule has 19 heavy (non-hydrogen) atoms. The molecule has 1 nitrogen and oxygen atoms in total. The molecule has 2 rings (SSSR count). The Labute approximate surface area is 118 Å². The molecule has 0 aromatic heterocycles. The van der Waals surface area contributed by atoms with E-state index >= 15 is 0 Å². The second-order valence-electron chi connectivity index (χ2n) is 6.54. The van der Waals surface area contributed by atoms with Crippen molar-refractivity contribution >= 4 is 0 Å². The molecule has 1 atom stereocenters. The first kappa shape index (κ1) is 14.6. The molecule has 1 aliphatic carbocycles. The Morgan fingerprint density at radius 3 is 2.53 bits per heavy atom. The van der Waals surface area contributed by atoms with Gasteiger partial charge >= 0.3 is 0 Å². The normalized spacial score (nSPS) is 19.6. The average Bonchev–Trinajstić information content (AvgIpc) is 2.82. The van der Waals surface area contributed by atoms with Gasteiger partial charge in [0.05, 0.1) is 0 Å². The average molecular weight is 259 g/mol. The highest BCUT2D eigenvalue weighted by Gasteiger charge is 2.38. The van der Waals surface area contributed by atoms with Crippen LogP contribution in [0.15, 0.2) is 18.2 Å². The molecule has 0 spiro atoms. The number of aryl methyl sites for hydroxylation is 1. The lowest BCUT2D eigenvalue weighted by Crippen LogP contribution is -2.35. The summed E-state index contributed by atoms with van der Waals surface area (Å²) in [7, 11) is 0. The van der Waals surface area contributed by atoms with Gasteiger partial charge in [0.2, 0.25) is 0 Å². The van der Waals surface area contributed by atoms with Gasteiger partial charge in [-0.05, 0) is 61.8 Å². The van der Waals surface area contributed by atoms with Crippen LogP contribution in [0.3, 0.4) is 0 Å². The lowest BCUT2D eigenvalue weighted by Gasteiger charge is -2.36. The van der Waals surface area contributed by atoms with Crippen molar-refractivity contribution in [3.63, 3.8) is 0 Å². The molecule has 1 aliphatic rings. The Kier molecular flexibility index (Phi) is 4.67. The van der Waals surface area contributed by atoms with Crippen molar-refractivity contribution in [2.45, 2.75) is 65.8 Å². The predicted octanol–water partition coefficient (Wildman–Crippen LogP) is 4.92. The van der Waals surface area contributed by atoms with Crippen LogP contribution in [0.5, 0.6) is 0 Å². The van der Waals surface area contributed by atoms with Gasteiger partial charge in [0.15, 0.2) is 0 Å². The van der Waals surface area contributed by atoms with Crippen molar-refractivity contribution in [1.29, 1.82) is 0 Å². The van der Waals surface area contributed by atoms with E-state index in [1.54, 1.807) is 0 Å². The zero-order chi connectivity index (χ0) is 13.9. The molecule has 1 aromatic carbocycles. The molecule has 1 N–H and O–H groups in total. The zero-order valence-electron chi connectivity index (χ0n) is 13.1. The highest BCUT2D eigenvalue weighted by Crippen LogP contribution is 2.47. The van der Waals surface area contributed by atoms with Crippen molar-refractivity contribution < 1.29 is 0 Å². The van der Waals surface area contributed by atoms with E-state index in [0.29, 0.717) is 11.5 Å². The fourth-order valence-corrected chi connectivity index (χ4v) is 3.58. The van der Waals surface area contributed by atoms with Crippen molar-refractivity contribution in [2.24, 2.45) is 5.41 Å². The molecule has 0 amide bonds. The Hall–Kier alpha value is -0.820. The third-order valence-corrected chi connectivity index (χ3v) is 5.00. The molecule has 0 heterocycles. The third kappa shape index (κ3) is 3.02. The smallest absolute Gasteiger partial charge is 0.0377 e. The Balaban J connectivity index is 2.34. The number of benzene rings is 1. The van der Waals surface area contributed by atoms with Gasteiger partial charge in [0.25, 0.3) is 0 Å². The number of hydrogen-bond donors (Lipinski definition) is 1. The van der Waals surface area contributed by atoms with Gasteiger partial charge in [-0.25, -0.2) is 0 Å². The summed E-state index contributed by atoms with van der Waals surface area (Å²) >= 11 is 0. The van der Waals surface area contributed by atoms with E-state index in [-0.39, 0.29) is 0 Å². The van der Waals surface area contributed by atoms with Crippen molar-refractivity contribution in [3.05, 3.63) is 34.9 Å². The molecule has 0 saturated heterocycles. The van der Waals surface area contributed by atoms with Gasteiger partial charge in [-0.15, -0.1) is 0 Å². The molecule has 1 aromatic rings. The minimum atomic E-state index is 0.438. The Morgan fingerprint density at radius 2 is 1.89 bits per heavy atom. The SMILES string of the molecule is CCCNC(c1cccc(C)c1C)C1(C)CCCC1. The van der Waals surface area contributed by atoms with Gasteiger partial charge in [0.1, 0.15) is 0 Å². The largest absolute Gasteiger partial charge is 0.309 e. The monoisotopic (exact) mass is 259 g/mol. The van der Waals surface area contributed by atoms with Gasteiger partial charge in [-0.2, -0.15) is 0 Å². The summed E-state index contributed by atoms with van der Waals surface area (Å²) in [5.74, 6) is 0. The molecular formula is C18H29N. The molecule has 0 aliphatic heterocycles. The molecule has 0 radical (unpaired) electrons. The van der Waals surface area contributed by atoms with Gasteiger partial charge in [-0.1, -0.05) is 44.9 Å². The van der Waals surface area contributed by atoms with Crippen LogP contribution in [0.2, 0.25) is 0 Å².